The molecular formula is C20H19ClN2O4. The average Bonchev–Trinajstić information content (AvgIpc) is 2.95. The van der Waals surface area contributed by atoms with Crippen LogP contribution in [0.15, 0.2) is 47.1 Å². The van der Waals surface area contributed by atoms with Crippen LogP contribution in [-0.4, -0.2) is 32.9 Å². The third kappa shape index (κ3) is 3.61. The Kier molecular flexibility index (Phi) is 5.37. The van der Waals surface area contributed by atoms with Gasteiger partial charge in [-0.05, 0) is 48.9 Å². The van der Waals surface area contributed by atoms with Crippen LogP contribution in [0.2, 0.25) is 5.02 Å². The second-order valence-corrected chi connectivity index (χ2v) is 6.24. The second-order valence-electron chi connectivity index (χ2n) is 5.80. The molecule has 0 atom stereocenters. The van der Waals surface area contributed by atoms with Gasteiger partial charge in [0, 0.05) is 5.02 Å². The summed E-state index contributed by atoms with van der Waals surface area (Å²) in [5.41, 5.74) is 2.42. The molecule has 0 fully saturated rings. The van der Waals surface area contributed by atoms with Crippen molar-refractivity contribution in [3.8, 4) is 17.2 Å². The lowest BCUT2D eigenvalue weighted by Gasteiger charge is -2.13. The Balaban J connectivity index is 2.01. The number of nitrogens with zero attached hydrogens (tertiary/aromatic N) is 2. The van der Waals surface area contributed by atoms with Crippen molar-refractivity contribution in [3.63, 3.8) is 0 Å². The molecule has 0 radical (unpaired) electrons. The molecule has 1 heterocycles. The number of hydrogen-bond acceptors (Lipinski definition) is 5. The summed E-state index contributed by atoms with van der Waals surface area (Å²) in [7, 11) is 4.63. The first kappa shape index (κ1) is 18.8. The summed E-state index contributed by atoms with van der Waals surface area (Å²) < 4.78 is 16.1. The summed E-state index contributed by atoms with van der Waals surface area (Å²) in [5, 5.41) is 6.24. The Hall–Kier alpha value is -2.99. The fraction of sp³-hybridized carbons (Fsp3) is 0.200. The third-order valence-corrected chi connectivity index (χ3v) is 4.35. The average molecular weight is 387 g/mol. The predicted molar refractivity (Wildman–Crippen MR) is 106 cm³/mol. The van der Waals surface area contributed by atoms with Crippen molar-refractivity contribution in [2.75, 3.05) is 26.3 Å². The van der Waals surface area contributed by atoms with Crippen LogP contribution in [0.25, 0.3) is 6.08 Å². The monoisotopic (exact) mass is 386 g/mol. The zero-order valence-corrected chi connectivity index (χ0v) is 16.2. The smallest absolute Gasteiger partial charge is 0.280 e. The van der Waals surface area contributed by atoms with Gasteiger partial charge in [-0.2, -0.15) is 10.1 Å². The van der Waals surface area contributed by atoms with Crippen LogP contribution in [-0.2, 0) is 4.79 Å². The predicted octanol–water partition coefficient (Wildman–Crippen LogP) is 4.17. The highest BCUT2D eigenvalue weighted by atomic mass is 35.5. The standard InChI is InChI=1S/C20H19ClN2O4/c1-12-16(20(24)23(22-12)15-7-5-6-14(21)11-15)8-13-9-17(25-2)19(27-4)18(10-13)26-3/h5-11H,1-4H3. The minimum Gasteiger partial charge on any atom is -0.493 e. The van der Waals surface area contributed by atoms with E-state index in [1.54, 1.807) is 70.7 Å². The number of hydrogen-bond donors (Lipinski definition) is 0. The van der Waals surface area contributed by atoms with Crippen LogP contribution in [0.5, 0.6) is 17.2 Å². The van der Waals surface area contributed by atoms with E-state index in [0.29, 0.717) is 39.2 Å². The molecular weight excluding hydrogens is 368 g/mol. The number of hydrazone groups is 1. The fourth-order valence-corrected chi connectivity index (χ4v) is 3.00. The van der Waals surface area contributed by atoms with Crippen molar-refractivity contribution in [2.24, 2.45) is 5.10 Å². The largest absolute Gasteiger partial charge is 0.493 e. The summed E-state index contributed by atoms with van der Waals surface area (Å²) in [5.74, 6) is 1.28. The highest BCUT2D eigenvalue weighted by Gasteiger charge is 2.29. The van der Waals surface area contributed by atoms with Crippen LogP contribution in [0.4, 0.5) is 5.69 Å². The van der Waals surface area contributed by atoms with E-state index in [0.717, 1.165) is 5.56 Å². The molecule has 3 rings (SSSR count). The molecule has 0 unspecified atom stereocenters. The summed E-state index contributed by atoms with van der Waals surface area (Å²) in [6, 6.07) is 10.5. The summed E-state index contributed by atoms with van der Waals surface area (Å²) in [6.45, 7) is 1.78. The molecule has 0 aliphatic carbocycles. The molecule has 1 amide bonds. The van der Waals surface area contributed by atoms with Crippen LogP contribution in [0, 0.1) is 0 Å². The first-order chi connectivity index (χ1) is 13.0. The number of amides is 1. The Morgan fingerprint density at radius 1 is 1.04 bits per heavy atom. The Labute approximate surface area is 162 Å². The molecule has 1 aliphatic heterocycles. The lowest BCUT2D eigenvalue weighted by atomic mass is 10.1. The Bertz CT molecular complexity index is 928. The first-order valence-corrected chi connectivity index (χ1v) is 8.53. The van der Waals surface area contributed by atoms with E-state index in [2.05, 4.69) is 5.10 Å². The van der Waals surface area contributed by atoms with Crippen LogP contribution in [0.1, 0.15) is 12.5 Å². The minimum absolute atomic E-state index is 0.233. The lowest BCUT2D eigenvalue weighted by Crippen LogP contribution is -2.21. The molecule has 7 heteroatoms. The number of carbonyl (C=O) groups is 1. The second kappa shape index (κ2) is 7.72. The molecule has 0 bridgehead atoms. The molecule has 0 saturated carbocycles. The van der Waals surface area contributed by atoms with E-state index in [9.17, 15) is 4.79 Å². The van der Waals surface area contributed by atoms with Crippen molar-refractivity contribution in [3.05, 3.63) is 52.6 Å². The maximum Gasteiger partial charge on any atom is 0.280 e. The number of carbonyl (C=O) groups excluding carboxylic acids is 1. The van der Waals surface area contributed by atoms with Gasteiger partial charge in [-0.1, -0.05) is 17.7 Å². The molecule has 27 heavy (non-hydrogen) atoms. The van der Waals surface area contributed by atoms with E-state index in [1.807, 2.05) is 0 Å². The quantitative estimate of drug-likeness (QED) is 0.723. The summed E-state index contributed by atoms with van der Waals surface area (Å²) in [4.78, 5) is 12.9. The van der Waals surface area contributed by atoms with Gasteiger partial charge in [0.15, 0.2) is 11.5 Å². The van der Waals surface area contributed by atoms with Gasteiger partial charge in [-0.25, -0.2) is 0 Å². The molecule has 0 N–H and O–H groups in total. The third-order valence-electron chi connectivity index (χ3n) is 4.11. The molecule has 0 saturated heterocycles. The van der Waals surface area contributed by atoms with Gasteiger partial charge in [0.1, 0.15) is 0 Å². The molecule has 0 spiro atoms. The van der Waals surface area contributed by atoms with Gasteiger partial charge < -0.3 is 14.2 Å². The van der Waals surface area contributed by atoms with Crippen LogP contribution < -0.4 is 19.2 Å². The number of benzene rings is 2. The molecule has 140 valence electrons. The van der Waals surface area contributed by atoms with E-state index in [1.165, 1.54) is 5.01 Å². The molecule has 2 aromatic carbocycles. The van der Waals surface area contributed by atoms with Gasteiger partial charge in [0.25, 0.3) is 5.91 Å². The maximum atomic E-state index is 12.9. The van der Waals surface area contributed by atoms with Gasteiger partial charge in [0.05, 0.1) is 38.3 Å². The van der Waals surface area contributed by atoms with E-state index < -0.39 is 0 Å². The zero-order chi connectivity index (χ0) is 19.6. The van der Waals surface area contributed by atoms with Gasteiger partial charge in [-0.3, -0.25) is 4.79 Å². The lowest BCUT2D eigenvalue weighted by molar-refractivity contribution is -0.114. The minimum atomic E-state index is -0.233. The number of anilines is 1. The highest BCUT2D eigenvalue weighted by molar-refractivity contribution is 6.33. The van der Waals surface area contributed by atoms with Crippen LogP contribution >= 0.6 is 11.6 Å². The van der Waals surface area contributed by atoms with E-state index in [-0.39, 0.29) is 5.91 Å². The summed E-state index contributed by atoms with van der Waals surface area (Å²) in [6.07, 6.45) is 1.75. The first-order valence-electron chi connectivity index (χ1n) is 8.15. The zero-order valence-electron chi connectivity index (χ0n) is 15.4. The van der Waals surface area contributed by atoms with Crippen molar-refractivity contribution >= 4 is 35.0 Å². The normalized spacial score (nSPS) is 15.1. The highest BCUT2D eigenvalue weighted by Crippen LogP contribution is 2.39. The Morgan fingerprint density at radius 2 is 1.70 bits per heavy atom. The Morgan fingerprint density at radius 3 is 2.26 bits per heavy atom. The molecule has 1 aliphatic rings. The SMILES string of the molecule is COc1cc(C=C2C(=O)N(c3cccc(Cl)c3)N=C2C)cc(OC)c1OC. The number of rotatable bonds is 5. The molecule has 6 nitrogen and oxygen atoms in total. The maximum absolute atomic E-state index is 12.9. The fourth-order valence-electron chi connectivity index (χ4n) is 2.82. The van der Waals surface area contributed by atoms with E-state index >= 15 is 0 Å². The van der Waals surface area contributed by atoms with Gasteiger partial charge >= 0.3 is 0 Å². The molecule has 0 aromatic heterocycles. The van der Waals surface area contributed by atoms with Crippen molar-refractivity contribution < 1.29 is 19.0 Å². The number of halogens is 1. The van der Waals surface area contributed by atoms with Crippen LogP contribution in [0.3, 0.4) is 0 Å². The van der Waals surface area contributed by atoms with Crippen molar-refractivity contribution in [2.45, 2.75) is 6.92 Å². The van der Waals surface area contributed by atoms with Crippen molar-refractivity contribution in [1.29, 1.82) is 0 Å². The van der Waals surface area contributed by atoms with Gasteiger partial charge in [0.2, 0.25) is 5.75 Å². The van der Waals surface area contributed by atoms with Crippen molar-refractivity contribution in [1.82, 2.24) is 0 Å². The van der Waals surface area contributed by atoms with Gasteiger partial charge in [-0.15, -0.1) is 0 Å². The molecule has 2 aromatic rings. The topological polar surface area (TPSA) is 60.4 Å². The number of ether oxygens (including phenoxy) is 3. The summed E-state index contributed by atoms with van der Waals surface area (Å²) >= 11 is 6.03. The number of methoxy groups -OCH3 is 3. The van der Waals surface area contributed by atoms with E-state index in [4.69, 9.17) is 25.8 Å².